The number of hydrogen-bond acceptors (Lipinski definition) is 2. The number of rotatable bonds is 5. The first kappa shape index (κ1) is 15.0. The Hall–Kier alpha value is -1.36. The van der Waals surface area contributed by atoms with Crippen molar-refractivity contribution in [1.82, 2.24) is 4.72 Å². The second-order valence-electron chi connectivity index (χ2n) is 4.70. The van der Waals surface area contributed by atoms with E-state index in [1.165, 1.54) is 0 Å². The van der Waals surface area contributed by atoms with Crippen LogP contribution in [0.3, 0.4) is 0 Å². The van der Waals surface area contributed by atoms with E-state index in [2.05, 4.69) is 4.72 Å². The van der Waals surface area contributed by atoms with Crippen molar-refractivity contribution in [3.63, 3.8) is 0 Å². The first-order valence-corrected chi connectivity index (χ1v) is 8.25. The molecule has 20 heavy (non-hydrogen) atoms. The molecule has 1 N–H and O–H groups in total. The first-order valence-electron chi connectivity index (χ1n) is 6.22. The Morgan fingerprint density at radius 2 is 1.75 bits per heavy atom. The SMILES string of the molecule is Cc1cccc(CNS(=O)(=O)Cc2ccc(Cl)cc2)c1. The highest BCUT2D eigenvalue weighted by Gasteiger charge is 2.11. The molecular formula is C15H16ClNO2S. The monoisotopic (exact) mass is 309 g/mol. The average Bonchev–Trinajstić information content (AvgIpc) is 2.39. The van der Waals surface area contributed by atoms with Gasteiger partial charge in [0.05, 0.1) is 5.75 Å². The minimum Gasteiger partial charge on any atom is -0.212 e. The van der Waals surface area contributed by atoms with Gasteiger partial charge in [-0.3, -0.25) is 0 Å². The Morgan fingerprint density at radius 3 is 2.40 bits per heavy atom. The minimum atomic E-state index is -3.35. The fraction of sp³-hybridized carbons (Fsp3) is 0.200. The highest BCUT2D eigenvalue weighted by atomic mass is 35.5. The van der Waals surface area contributed by atoms with Gasteiger partial charge < -0.3 is 0 Å². The van der Waals surface area contributed by atoms with Gasteiger partial charge in [0.1, 0.15) is 0 Å². The number of nitrogens with one attached hydrogen (secondary N) is 1. The van der Waals surface area contributed by atoms with Gasteiger partial charge in [0.15, 0.2) is 0 Å². The molecule has 106 valence electrons. The molecule has 5 heteroatoms. The largest absolute Gasteiger partial charge is 0.216 e. The summed E-state index contributed by atoms with van der Waals surface area (Å²) in [7, 11) is -3.35. The third-order valence-corrected chi connectivity index (χ3v) is 4.40. The van der Waals surface area contributed by atoms with E-state index in [0.717, 1.165) is 11.1 Å². The second-order valence-corrected chi connectivity index (χ2v) is 6.94. The molecule has 0 bridgehead atoms. The smallest absolute Gasteiger partial charge is 0.212 e. The summed E-state index contributed by atoms with van der Waals surface area (Å²) in [6.45, 7) is 2.28. The van der Waals surface area contributed by atoms with E-state index in [9.17, 15) is 8.42 Å². The summed E-state index contributed by atoms with van der Waals surface area (Å²) in [6.07, 6.45) is 0. The molecule has 0 saturated heterocycles. The number of hydrogen-bond donors (Lipinski definition) is 1. The molecule has 3 nitrogen and oxygen atoms in total. The van der Waals surface area contributed by atoms with Crippen molar-refractivity contribution in [3.05, 3.63) is 70.2 Å². The molecule has 0 aliphatic rings. The molecule has 2 rings (SSSR count). The van der Waals surface area contributed by atoms with Crippen LogP contribution in [0.15, 0.2) is 48.5 Å². The van der Waals surface area contributed by atoms with Crippen molar-refractivity contribution in [1.29, 1.82) is 0 Å². The predicted octanol–water partition coefficient (Wildman–Crippen LogP) is 3.27. The van der Waals surface area contributed by atoms with Gasteiger partial charge in [0.25, 0.3) is 0 Å². The summed E-state index contributed by atoms with van der Waals surface area (Å²) < 4.78 is 26.6. The van der Waals surface area contributed by atoms with Crippen molar-refractivity contribution >= 4 is 21.6 Å². The molecule has 0 aromatic heterocycles. The van der Waals surface area contributed by atoms with Crippen LogP contribution < -0.4 is 4.72 Å². The van der Waals surface area contributed by atoms with Crippen molar-refractivity contribution in [2.45, 2.75) is 19.2 Å². The maximum Gasteiger partial charge on any atom is 0.216 e. The average molecular weight is 310 g/mol. The molecule has 0 aliphatic heterocycles. The lowest BCUT2D eigenvalue weighted by molar-refractivity contribution is 0.580. The van der Waals surface area contributed by atoms with Gasteiger partial charge in [0, 0.05) is 11.6 Å². The zero-order chi connectivity index (χ0) is 14.6. The van der Waals surface area contributed by atoms with Gasteiger partial charge in [-0.05, 0) is 30.2 Å². The van der Waals surface area contributed by atoms with E-state index in [0.29, 0.717) is 17.1 Å². The fourth-order valence-corrected chi connectivity index (χ4v) is 3.11. The maximum atomic E-state index is 12.0. The van der Waals surface area contributed by atoms with Crippen LogP contribution in [-0.2, 0) is 22.3 Å². The van der Waals surface area contributed by atoms with Crippen LogP contribution in [0.4, 0.5) is 0 Å². The van der Waals surface area contributed by atoms with Crippen LogP contribution in [0.2, 0.25) is 5.02 Å². The van der Waals surface area contributed by atoms with Gasteiger partial charge in [-0.15, -0.1) is 0 Å². The van der Waals surface area contributed by atoms with Crippen molar-refractivity contribution in [3.8, 4) is 0 Å². The molecule has 0 saturated carbocycles. The summed E-state index contributed by atoms with van der Waals surface area (Å²) in [6, 6.07) is 14.6. The summed E-state index contributed by atoms with van der Waals surface area (Å²) in [5.74, 6) is -0.0457. The molecule has 0 aliphatic carbocycles. The zero-order valence-corrected chi connectivity index (χ0v) is 12.7. The highest BCUT2D eigenvalue weighted by molar-refractivity contribution is 7.88. The summed E-state index contributed by atoms with van der Waals surface area (Å²) >= 11 is 5.77. The van der Waals surface area contributed by atoms with Crippen LogP contribution in [0.5, 0.6) is 0 Å². The Morgan fingerprint density at radius 1 is 1.05 bits per heavy atom. The van der Waals surface area contributed by atoms with E-state index in [-0.39, 0.29) is 5.75 Å². The van der Waals surface area contributed by atoms with Crippen molar-refractivity contribution in [2.75, 3.05) is 0 Å². The molecule has 0 atom stereocenters. The van der Waals surface area contributed by atoms with Crippen molar-refractivity contribution in [2.24, 2.45) is 0 Å². The molecule has 2 aromatic carbocycles. The predicted molar refractivity (Wildman–Crippen MR) is 82.1 cm³/mol. The van der Waals surface area contributed by atoms with E-state index < -0.39 is 10.0 Å². The third kappa shape index (κ3) is 4.63. The van der Waals surface area contributed by atoms with Gasteiger partial charge in [-0.2, -0.15) is 0 Å². The van der Waals surface area contributed by atoms with Crippen LogP contribution >= 0.6 is 11.6 Å². The minimum absolute atomic E-state index is 0.0457. The summed E-state index contributed by atoms with van der Waals surface area (Å²) in [5.41, 5.74) is 2.77. The summed E-state index contributed by atoms with van der Waals surface area (Å²) in [5, 5.41) is 0.596. The van der Waals surface area contributed by atoms with E-state index in [1.54, 1.807) is 24.3 Å². The fourth-order valence-electron chi connectivity index (χ4n) is 1.87. The molecule has 0 unspecified atom stereocenters. The summed E-state index contributed by atoms with van der Waals surface area (Å²) in [4.78, 5) is 0. The lowest BCUT2D eigenvalue weighted by Crippen LogP contribution is -2.24. The highest BCUT2D eigenvalue weighted by Crippen LogP contribution is 2.12. The molecule has 0 fully saturated rings. The van der Waals surface area contributed by atoms with Crippen LogP contribution in [0.1, 0.15) is 16.7 Å². The van der Waals surface area contributed by atoms with E-state index >= 15 is 0 Å². The lowest BCUT2D eigenvalue weighted by atomic mass is 10.1. The third-order valence-electron chi connectivity index (χ3n) is 2.85. The normalized spacial score (nSPS) is 11.5. The van der Waals surface area contributed by atoms with Gasteiger partial charge in [-0.1, -0.05) is 53.6 Å². The Balaban J connectivity index is 1.99. The van der Waals surface area contributed by atoms with Gasteiger partial charge >= 0.3 is 0 Å². The lowest BCUT2D eigenvalue weighted by Gasteiger charge is -2.07. The van der Waals surface area contributed by atoms with Crippen LogP contribution in [0, 0.1) is 6.92 Å². The molecule has 0 heterocycles. The number of benzene rings is 2. The van der Waals surface area contributed by atoms with Gasteiger partial charge in [0.2, 0.25) is 10.0 Å². The van der Waals surface area contributed by atoms with E-state index in [1.807, 2.05) is 31.2 Å². The molecule has 0 amide bonds. The maximum absolute atomic E-state index is 12.0. The van der Waals surface area contributed by atoms with Crippen molar-refractivity contribution < 1.29 is 8.42 Å². The van der Waals surface area contributed by atoms with Gasteiger partial charge in [-0.25, -0.2) is 13.1 Å². The second kappa shape index (κ2) is 6.39. The zero-order valence-electron chi connectivity index (χ0n) is 11.1. The topological polar surface area (TPSA) is 46.2 Å². The van der Waals surface area contributed by atoms with Crippen LogP contribution in [-0.4, -0.2) is 8.42 Å². The Bertz CT molecular complexity index is 681. The quantitative estimate of drug-likeness (QED) is 0.921. The molecular weight excluding hydrogens is 294 g/mol. The standard InChI is InChI=1S/C15H16ClNO2S/c1-12-3-2-4-14(9-12)10-17-20(18,19)11-13-5-7-15(16)8-6-13/h2-9,17H,10-11H2,1H3. The molecule has 2 aromatic rings. The number of aryl methyl sites for hydroxylation is 1. The molecule has 0 radical (unpaired) electrons. The number of halogens is 1. The Labute approximate surface area is 124 Å². The van der Waals surface area contributed by atoms with E-state index in [4.69, 9.17) is 11.6 Å². The molecule has 0 spiro atoms. The number of sulfonamides is 1. The van der Waals surface area contributed by atoms with Crippen LogP contribution in [0.25, 0.3) is 0 Å². The first-order chi connectivity index (χ1) is 9.44. The Kier molecular flexibility index (Phi) is 4.81.